The quantitative estimate of drug-likeness (QED) is 0.464. The molecule has 2 saturated heterocycles. The summed E-state index contributed by atoms with van der Waals surface area (Å²) in [5, 5.41) is 0. The highest BCUT2D eigenvalue weighted by molar-refractivity contribution is 7.90. The van der Waals surface area contributed by atoms with Crippen molar-refractivity contribution >= 4 is 27.4 Å². The van der Waals surface area contributed by atoms with E-state index in [0.717, 1.165) is 56.7 Å². The Morgan fingerprint density at radius 1 is 1.05 bits per heavy atom. The molecule has 38 heavy (non-hydrogen) atoms. The van der Waals surface area contributed by atoms with E-state index in [1.54, 1.807) is 6.92 Å². The normalized spacial score (nSPS) is 19.7. The van der Waals surface area contributed by atoms with Crippen molar-refractivity contribution in [3.63, 3.8) is 0 Å². The van der Waals surface area contributed by atoms with Crippen molar-refractivity contribution < 1.29 is 22.0 Å². The van der Waals surface area contributed by atoms with Crippen LogP contribution in [0.25, 0.3) is 0 Å². The molecule has 0 aliphatic carbocycles. The minimum atomic E-state index is -3.91. The molecule has 11 heteroatoms. The van der Waals surface area contributed by atoms with E-state index in [0.29, 0.717) is 30.9 Å². The Kier molecular flexibility index (Phi) is 8.54. The largest absolute Gasteiger partial charge is 0.357 e. The number of amides is 1. The molecule has 2 unspecified atom stereocenters. The number of hydrogen-bond acceptors (Lipinski definition) is 7. The number of anilines is 2. The van der Waals surface area contributed by atoms with Crippen molar-refractivity contribution in [1.82, 2.24) is 14.9 Å². The van der Waals surface area contributed by atoms with Gasteiger partial charge in [0.2, 0.25) is 11.9 Å². The van der Waals surface area contributed by atoms with Gasteiger partial charge in [-0.2, -0.15) is 0 Å². The number of sulfone groups is 1. The van der Waals surface area contributed by atoms with Gasteiger partial charge in [0.05, 0.1) is 5.69 Å². The lowest BCUT2D eigenvalue weighted by molar-refractivity contribution is -0.131. The summed E-state index contributed by atoms with van der Waals surface area (Å²) in [6, 6.07) is 1.02. The van der Waals surface area contributed by atoms with Crippen LogP contribution < -0.4 is 9.80 Å². The fourth-order valence-electron chi connectivity index (χ4n) is 5.65. The zero-order valence-corrected chi connectivity index (χ0v) is 23.3. The fourth-order valence-corrected chi connectivity index (χ4v) is 6.38. The number of rotatable bonds is 9. The highest BCUT2D eigenvalue weighted by Crippen LogP contribution is 2.32. The van der Waals surface area contributed by atoms with E-state index >= 15 is 0 Å². The van der Waals surface area contributed by atoms with Gasteiger partial charge in [-0.3, -0.25) is 4.79 Å². The van der Waals surface area contributed by atoms with Gasteiger partial charge in [0.1, 0.15) is 22.6 Å². The molecular formula is C27H37F2N5O3S. The first-order valence-electron chi connectivity index (χ1n) is 13.4. The maximum atomic E-state index is 14.9. The number of nitrogens with zero attached hydrogens (tertiary/aromatic N) is 5. The number of aromatic nitrogens is 2. The topological polar surface area (TPSA) is 86.7 Å². The Labute approximate surface area is 224 Å². The first-order chi connectivity index (χ1) is 18.0. The molecule has 0 bridgehead atoms. The molecule has 3 heterocycles. The monoisotopic (exact) mass is 549 g/mol. The van der Waals surface area contributed by atoms with Crippen LogP contribution in [0.5, 0.6) is 0 Å². The first kappa shape index (κ1) is 28.2. The second-order valence-electron chi connectivity index (χ2n) is 10.4. The van der Waals surface area contributed by atoms with Crippen molar-refractivity contribution in [2.24, 2.45) is 0 Å². The molecule has 0 saturated carbocycles. The second kappa shape index (κ2) is 11.5. The number of halogens is 2. The van der Waals surface area contributed by atoms with Crippen LogP contribution in [0.1, 0.15) is 64.4 Å². The number of carbonyl (C=O) groups is 1. The van der Waals surface area contributed by atoms with Crippen LogP contribution in [0.4, 0.5) is 20.4 Å². The highest BCUT2D eigenvalue weighted by atomic mass is 32.2. The Bertz CT molecular complexity index is 1250. The number of carbonyl (C=O) groups excluding carboxylic acids is 1. The maximum absolute atomic E-state index is 14.9. The lowest BCUT2D eigenvalue weighted by Gasteiger charge is -2.37. The number of likely N-dealkylation sites (tertiary alicyclic amines) is 1. The summed E-state index contributed by atoms with van der Waals surface area (Å²) in [6.07, 6.45) is 8.90. The third kappa shape index (κ3) is 5.77. The van der Waals surface area contributed by atoms with Crippen molar-refractivity contribution in [1.29, 1.82) is 0 Å². The SMILES string of the molecule is CCCC(C)c1cnc(N2CCC(N3CCC(N(CC)c4cc(F)c(S(C)(=O)=O)cc4F)C3=O)CC2)nc1. The molecule has 1 aromatic heterocycles. The average Bonchev–Trinajstić information content (AvgIpc) is 3.27. The molecule has 2 fully saturated rings. The molecule has 8 nitrogen and oxygen atoms in total. The van der Waals surface area contributed by atoms with Crippen LogP contribution >= 0.6 is 0 Å². The molecule has 0 radical (unpaired) electrons. The van der Waals surface area contributed by atoms with Gasteiger partial charge in [0.15, 0.2) is 9.84 Å². The van der Waals surface area contributed by atoms with Crippen molar-refractivity contribution in [2.75, 3.05) is 42.2 Å². The Morgan fingerprint density at radius 3 is 2.29 bits per heavy atom. The second-order valence-corrected chi connectivity index (χ2v) is 12.3. The number of piperidine rings is 1. The van der Waals surface area contributed by atoms with Crippen LogP contribution in [-0.2, 0) is 14.6 Å². The van der Waals surface area contributed by atoms with Crippen molar-refractivity contribution in [3.8, 4) is 0 Å². The summed E-state index contributed by atoms with van der Waals surface area (Å²) in [5.41, 5.74) is 1.04. The molecule has 2 aliphatic heterocycles. The minimum absolute atomic E-state index is 0.0560. The van der Waals surface area contributed by atoms with E-state index in [-0.39, 0.29) is 24.2 Å². The van der Waals surface area contributed by atoms with Crippen LogP contribution in [0.3, 0.4) is 0 Å². The van der Waals surface area contributed by atoms with Gasteiger partial charge < -0.3 is 14.7 Å². The predicted octanol–water partition coefficient (Wildman–Crippen LogP) is 4.16. The molecule has 0 N–H and O–H groups in total. The van der Waals surface area contributed by atoms with Gasteiger partial charge >= 0.3 is 0 Å². The summed E-state index contributed by atoms with van der Waals surface area (Å²) in [4.78, 5) is 27.5. The smallest absolute Gasteiger partial charge is 0.245 e. The number of benzene rings is 1. The van der Waals surface area contributed by atoms with E-state index in [9.17, 15) is 22.0 Å². The highest BCUT2D eigenvalue weighted by Gasteiger charge is 2.41. The van der Waals surface area contributed by atoms with Crippen LogP contribution in [0.15, 0.2) is 29.4 Å². The summed E-state index contributed by atoms with van der Waals surface area (Å²) in [6.45, 7) is 8.39. The summed E-state index contributed by atoms with van der Waals surface area (Å²) in [7, 11) is -3.91. The lowest BCUT2D eigenvalue weighted by Crippen LogP contribution is -2.49. The third-order valence-electron chi connectivity index (χ3n) is 7.78. The first-order valence-corrected chi connectivity index (χ1v) is 15.3. The fraction of sp³-hybridized carbons (Fsp3) is 0.593. The van der Waals surface area contributed by atoms with Gasteiger partial charge in [-0.1, -0.05) is 20.3 Å². The number of likely N-dealkylation sites (N-methyl/N-ethyl adjacent to an activating group) is 1. The van der Waals surface area contributed by atoms with Gasteiger partial charge in [-0.25, -0.2) is 27.2 Å². The molecule has 1 aromatic carbocycles. The molecule has 2 atom stereocenters. The third-order valence-corrected chi connectivity index (χ3v) is 8.89. The van der Waals surface area contributed by atoms with Crippen LogP contribution in [-0.4, -0.2) is 73.7 Å². The number of hydrogen-bond donors (Lipinski definition) is 0. The van der Waals surface area contributed by atoms with Crippen LogP contribution in [0.2, 0.25) is 0 Å². The molecule has 4 rings (SSSR count). The summed E-state index contributed by atoms with van der Waals surface area (Å²) in [5.74, 6) is -0.855. The molecule has 2 aromatic rings. The molecule has 0 spiro atoms. The molecular weight excluding hydrogens is 512 g/mol. The van der Waals surface area contributed by atoms with Crippen molar-refractivity contribution in [3.05, 3.63) is 41.7 Å². The Balaban J connectivity index is 1.41. The maximum Gasteiger partial charge on any atom is 0.245 e. The average molecular weight is 550 g/mol. The lowest BCUT2D eigenvalue weighted by atomic mass is 10.00. The minimum Gasteiger partial charge on any atom is -0.357 e. The van der Waals surface area contributed by atoms with Crippen LogP contribution in [0, 0.1) is 11.6 Å². The summed E-state index contributed by atoms with van der Waals surface area (Å²) < 4.78 is 53.0. The van der Waals surface area contributed by atoms with E-state index in [2.05, 4.69) is 28.7 Å². The van der Waals surface area contributed by atoms with E-state index < -0.39 is 32.4 Å². The summed E-state index contributed by atoms with van der Waals surface area (Å²) >= 11 is 0. The van der Waals surface area contributed by atoms with Gasteiger partial charge in [0.25, 0.3) is 0 Å². The van der Waals surface area contributed by atoms with Gasteiger partial charge in [0, 0.05) is 56.9 Å². The Morgan fingerprint density at radius 2 is 1.71 bits per heavy atom. The predicted molar refractivity (Wildman–Crippen MR) is 143 cm³/mol. The van der Waals surface area contributed by atoms with Crippen molar-refractivity contribution in [2.45, 2.75) is 75.8 Å². The van der Waals surface area contributed by atoms with E-state index in [4.69, 9.17) is 0 Å². The zero-order valence-electron chi connectivity index (χ0n) is 22.5. The standard InChI is InChI=1S/C27H37F2N5O3S/c1-5-7-18(3)19-16-30-27(31-17-19)32-11-8-20(9-12-32)34-13-10-23(26(34)35)33(6-2)24-14-22(29)25(15-21(24)28)38(4,36)37/h14-18,20,23H,5-13H2,1-4H3. The van der Waals surface area contributed by atoms with E-state index in [1.807, 2.05) is 17.3 Å². The Hall–Kier alpha value is -2.82. The molecule has 2 aliphatic rings. The zero-order chi connectivity index (χ0) is 27.6. The molecule has 208 valence electrons. The van der Waals surface area contributed by atoms with Gasteiger partial charge in [-0.15, -0.1) is 0 Å². The van der Waals surface area contributed by atoms with E-state index in [1.165, 1.54) is 4.90 Å². The van der Waals surface area contributed by atoms with Gasteiger partial charge in [-0.05, 0) is 50.2 Å². The molecule has 1 amide bonds.